The number of nitrogens with zero attached hydrogens (tertiary/aromatic N) is 1. The van der Waals surface area contributed by atoms with Crippen LogP contribution in [0.25, 0.3) is 0 Å². The zero-order valence-corrected chi connectivity index (χ0v) is 15.6. The zero-order valence-electron chi connectivity index (χ0n) is 15.6. The molecule has 0 spiro atoms. The van der Waals surface area contributed by atoms with Gasteiger partial charge in [-0.15, -0.1) is 0 Å². The van der Waals surface area contributed by atoms with Crippen molar-refractivity contribution in [2.75, 3.05) is 26.7 Å². The van der Waals surface area contributed by atoms with E-state index in [2.05, 4.69) is 20.9 Å². The first-order valence-electron chi connectivity index (χ1n) is 8.83. The van der Waals surface area contributed by atoms with E-state index in [0.29, 0.717) is 19.0 Å². The molecule has 25 heavy (non-hydrogen) atoms. The molecule has 1 fully saturated rings. The van der Waals surface area contributed by atoms with Crippen LogP contribution in [0.1, 0.15) is 39.2 Å². The summed E-state index contributed by atoms with van der Waals surface area (Å²) in [5, 5.41) is 9.23. The Balaban J connectivity index is 2.02. The molecule has 0 saturated heterocycles. The number of nitrogens with one attached hydrogen (secondary N) is 3. The monoisotopic (exact) mass is 348 g/mol. The highest BCUT2D eigenvalue weighted by Crippen LogP contribution is 2.47. The Morgan fingerprint density at radius 1 is 1.32 bits per heavy atom. The van der Waals surface area contributed by atoms with E-state index in [9.17, 15) is 9.18 Å². The maximum absolute atomic E-state index is 13.5. The minimum Gasteiger partial charge on any atom is -0.359 e. The van der Waals surface area contributed by atoms with Gasteiger partial charge in [0.15, 0.2) is 5.96 Å². The van der Waals surface area contributed by atoms with E-state index >= 15 is 0 Å². The van der Waals surface area contributed by atoms with Crippen molar-refractivity contribution in [1.82, 2.24) is 16.0 Å². The van der Waals surface area contributed by atoms with E-state index in [1.54, 1.807) is 19.2 Å². The van der Waals surface area contributed by atoms with Crippen LogP contribution in [0.5, 0.6) is 0 Å². The van der Waals surface area contributed by atoms with Crippen molar-refractivity contribution in [3.8, 4) is 0 Å². The lowest BCUT2D eigenvalue weighted by Gasteiger charge is -2.22. The van der Waals surface area contributed by atoms with Gasteiger partial charge in [0.05, 0.1) is 12.0 Å². The predicted octanol–water partition coefficient (Wildman–Crippen LogP) is 2.18. The minimum absolute atomic E-state index is 0.0192. The number of carbonyl (C=O) groups is 1. The molecule has 0 aromatic heterocycles. The van der Waals surface area contributed by atoms with Gasteiger partial charge in [-0.2, -0.15) is 0 Å². The molecule has 1 aromatic rings. The van der Waals surface area contributed by atoms with Gasteiger partial charge in [0.1, 0.15) is 5.82 Å². The summed E-state index contributed by atoms with van der Waals surface area (Å²) in [5.41, 5.74) is 0.437. The molecular weight excluding hydrogens is 319 g/mol. The van der Waals surface area contributed by atoms with E-state index < -0.39 is 5.41 Å². The molecule has 6 heteroatoms. The molecule has 0 bridgehead atoms. The molecule has 1 aliphatic carbocycles. The lowest BCUT2D eigenvalue weighted by molar-refractivity contribution is -0.128. The number of carbonyl (C=O) groups excluding carboxylic acids is 1. The van der Waals surface area contributed by atoms with Crippen molar-refractivity contribution in [1.29, 1.82) is 0 Å². The first kappa shape index (κ1) is 19.2. The summed E-state index contributed by atoms with van der Waals surface area (Å²) in [6, 6.07) is 6.83. The van der Waals surface area contributed by atoms with Crippen LogP contribution in [0, 0.1) is 11.2 Å². The van der Waals surface area contributed by atoms with Crippen LogP contribution in [0.15, 0.2) is 29.3 Å². The summed E-state index contributed by atoms with van der Waals surface area (Å²) in [4.78, 5) is 16.4. The Hall–Kier alpha value is -2.11. The van der Waals surface area contributed by atoms with Crippen LogP contribution < -0.4 is 16.0 Å². The average molecular weight is 348 g/mol. The third-order valence-electron chi connectivity index (χ3n) is 4.70. The summed E-state index contributed by atoms with van der Waals surface area (Å²) in [5.74, 6) is 0.448. The second-order valence-electron chi connectivity index (χ2n) is 7.30. The van der Waals surface area contributed by atoms with E-state index in [-0.39, 0.29) is 17.1 Å². The second-order valence-corrected chi connectivity index (χ2v) is 7.30. The maximum Gasteiger partial charge on any atom is 0.227 e. The summed E-state index contributed by atoms with van der Waals surface area (Å²) in [6.45, 7) is 7.56. The summed E-state index contributed by atoms with van der Waals surface area (Å²) < 4.78 is 13.5. The molecule has 0 aliphatic heterocycles. The molecule has 1 aromatic carbocycles. The molecule has 3 N–H and O–H groups in total. The molecule has 0 radical (unpaired) electrons. The van der Waals surface area contributed by atoms with Gasteiger partial charge in [-0.1, -0.05) is 12.1 Å². The van der Waals surface area contributed by atoms with Crippen molar-refractivity contribution in [2.24, 2.45) is 10.4 Å². The molecule has 0 atom stereocenters. The van der Waals surface area contributed by atoms with Crippen molar-refractivity contribution in [3.63, 3.8) is 0 Å². The fraction of sp³-hybridized carbons (Fsp3) is 0.579. The Labute approximate surface area is 149 Å². The van der Waals surface area contributed by atoms with E-state index in [1.165, 1.54) is 6.07 Å². The van der Waals surface area contributed by atoms with Gasteiger partial charge < -0.3 is 16.0 Å². The molecular formula is C19H29FN4O. The number of aliphatic imine (C=N–C) groups is 1. The summed E-state index contributed by atoms with van der Waals surface area (Å²) in [6.07, 6.45) is 2.07. The lowest BCUT2D eigenvalue weighted by Crippen LogP contribution is -2.43. The van der Waals surface area contributed by atoms with Gasteiger partial charge in [0.2, 0.25) is 5.91 Å². The average Bonchev–Trinajstić information content (AvgIpc) is 3.38. The standard InChI is InChI=1S/C19H29FN4O/c1-5-22-17(23-12-18(2,3)16(25)21-4)24-13-19(9-10-19)14-7-6-8-15(20)11-14/h6-8,11H,5,9-10,12-13H2,1-4H3,(H,21,25)(H2,22,23,24). The van der Waals surface area contributed by atoms with Gasteiger partial charge in [0.25, 0.3) is 0 Å². The number of hydrogen-bond donors (Lipinski definition) is 3. The van der Waals surface area contributed by atoms with Crippen LogP contribution in [0.4, 0.5) is 4.39 Å². The van der Waals surface area contributed by atoms with Gasteiger partial charge in [-0.3, -0.25) is 9.79 Å². The van der Waals surface area contributed by atoms with Crippen molar-refractivity contribution in [2.45, 2.75) is 39.0 Å². The maximum atomic E-state index is 13.5. The van der Waals surface area contributed by atoms with Crippen LogP contribution in [0.3, 0.4) is 0 Å². The molecule has 0 unspecified atom stereocenters. The molecule has 1 amide bonds. The highest BCUT2D eigenvalue weighted by molar-refractivity contribution is 5.83. The first-order valence-corrected chi connectivity index (χ1v) is 8.83. The van der Waals surface area contributed by atoms with Gasteiger partial charge >= 0.3 is 0 Å². The highest BCUT2D eigenvalue weighted by Gasteiger charge is 2.44. The summed E-state index contributed by atoms with van der Waals surface area (Å²) in [7, 11) is 1.63. The minimum atomic E-state index is -0.572. The Bertz CT molecular complexity index is 638. The van der Waals surface area contributed by atoms with E-state index in [4.69, 9.17) is 0 Å². The molecule has 0 heterocycles. The third-order valence-corrected chi connectivity index (χ3v) is 4.70. The third kappa shape index (κ3) is 4.94. The topological polar surface area (TPSA) is 65.5 Å². The first-order chi connectivity index (χ1) is 11.8. The van der Waals surface area contributed by atoms with Crippen LogP contribution in [-0.2, 0) is 10.2 Å². The predicted molar refractivity (Wildman–Crippen MR) is 99.1 cm³/mol. The van der Waals surface area contributed by atoms with Crippen LogP contribution in [0.2, 0.25) is 0 Å². The SMILES string of the molecule is CCNC(=NCC(C)(C)C(=O)NC)NCC1(c2cccc(F)c2)CC1. The Kier molecular flexibility index (Phi) is 6.03. The van der Waals surface area contributed by atoms with Gasteiger partial charge in [-0.05, 0) is 51.3 Å². The highest BCUT2D eigenvalue weighted by atomic mass is 19.1. The van der Waals surface area contributed by atoms with Crippen LogP contribution in [-0.4, -0.2) is 38.5 Å². The quantitative estimate of drug-likeness (QED) is 0.523. The van der Waals surface area contributed by atoms with Crippen molar-refractivity contribution < 1.29 is 9.18 Å². The Morgan fingerprint density at radius 2 is 2.04 bits per heavy atom. The lowest BCUT2D eigenvalue weighted by atomic mass is 9.93. The largest absolute Gasteiger partial charge is 0.359 e. The van der Waals surface area contributed by atoms with E-state index in [0.717, 1.165) is 24.9 Å². The second kappa shape index (κ2) is 7.85. The smallest absolute Gasteiger partial charge is 0.227 e. The van der Waals surface area contributed by atoms with E-state index in [1.807, 2.05) is 26.8 Å². The molecule has 138 valence electrons. The number of amides is 1. The van der Waals surface area contributed by atoms with Gasteiger partial charge in [0, 0.05) is 25.6 Å². The number of rotatable bonds is 7. The van der Waals surface area contributed by atoms with Crippen molar-refractivity contribution >= 4 is 11.9 Å². The normalized spacial score (nSPS) is 16.3. The Morgan fingerprint density at radius 3 is 2.60 bits per heavy atom. The molecule has 2 rings (SSSR count). The van der Waals surface area contributed by atoms with Crippen LogP contribution >= 0.6 is 0 Å². The number of benzene rings is 1. The van der Waals surface area contributed by atoms with Crippen molar-refractivity contribution in [3.05, 3.63) is 35.6 Å². The molecule has 1 aliphatic rings. The zero-order chi connectivity index (χ0) is 18.5. The fourth-order valence-corrected chi connectivity index (χ4v) is 2.82. The number of halogens is 1. The number of hydrogen-bond acceptors (Lipinski definition) is 2. The number of guanidine groups is 1. The fourth-order valence-electron chi connectivity index (χ4n) is 2.82. The molecule has 1 saturated carbocycles. The molecule has 5 nitrogen and oxygen atoms in total. The summed E-state index contributed by atoms with van der Waals surface area (Å²) >= 11 is 0. The van der Waals surface area contributed by atoms with Gasteiger partial charge in [-0.25, -0.2) is 4.39 Å².